The van der Waals surface area contributed by atoms with Gasteiger partial charge in [-0.3, -0.25) is 4.79 Å². The molecule has 0 aromatic carbocycles. The first-order chi connectivity index (χ1) is 13.7. The molecule has 1 aliphatic carbocycles. The molecule has 0 atom stereocenters. The maximum atomic E-state index is 11.9. The lowest BCUT2D eigenvalue weighted by Gasteiger charge is -2.39. The number of aromatic nitrogens is 2. The smallest absolute Gasteiger partial charge is 0.308 e. The van der Waals surface area contributed by atoms with Gasteiger partial charge in [-0.15, -0.1) is 21.5 Å². The molecule has 4 rings (SSSR count). The van der Waals surface area contributed by atoms with Crippen LogP contribution >= 0.6 is 11.3 Å². The van der Waals surface area contributed by atoms with Crippen molar-refractivity contribution in [2.75, 3.05) is 32.8 Å². The van der Waals surface area contributed by atoms with Crippen LogP contribution in [-0.2, 0) is 9.53 Å². The molecule has 1 aromatic rings. The molecule has 7 heteroatoms. The van der Waals surface area contributed by atoms with E-state index in [-0.39, 0.29) is 11.9 Å². The molecule has 1 aromatic heterocycles. The number of piperidine rings is 2. The minimum atomic E-state index is -0.0144. The number of carbonyl (C=O) groups excluding carboxylic acids is 1. The second-order valence-electron chi connectivity index (χ2n) is 8.57. The number of hydrogen-bond acceptors (Lipinski definition) is 7. The first-order valence-electron chi connectivity index (χ1n) is 11.2. The van der Waals surface area contributed by atoms with Crippen LogP contribution in [0.5, 0.6) is 0 Å². The van der Waals surface area contributed by atoms with Gasteiger partial charge in [0.05, 0.1) is 12.5 Å². The van der Waals surface area contributed by atoms with Crippen LogP contribution in [0.4, 0.5) is 0 Å². The molecule has 28 heavy (non-hydrogen) atoms. The lowest BCUT2D eigenvalue weighted by Crippen LogP contribution is -2.46. The Morgan fingerprint density at radius 3 is 2.21 bits per heavy atom. The Hall–Kier alpha value is -1.05. The molecule has 1 N–H and O–H groups in total. The number of esters is 1. The van der Waals surface area contributed by atoms with Crippen molar-refractivity contribution >= 4 is 17.3 Å². The third kappa shape index (κ3) is 4.74. The Morgan fingerprint density at radius 2 is 1.61 bits per heavy atom. The topological polar surface area (TPSA) is 67.3 Å². The average Bonchev–Trinajstić information content (AvgIpc) is 3.25. The van der Waals surface area contributed by atoms with Crippen LogP contribution in [0.3, 0.4) is 0 Å². The van der Waals surface area contributed by atoms with Crippen molar-refractivity contribution in [3.63, 3.8) is 0 Å². The maximum Gasteiger partial charge on any atom is 0.308 e. The van der Waals surface area contributed by atoms with Gasteiger partial charge < -0.3 is 15.0 Å². The van der Waals surface area contributed by atoms with Crippen LogP contribution in [0.2, 0.25) is 0 Å². The molecule has 1 saturated carbocycles. The van der Waals surface area contributed by atoms with Crippen molar-refractivity contribution in [1.82, 2.24) is 20.4 Å². The molecule has 0 spiro atoms. The molecule has 3 heterocycles. The molecule has 2 aliphatic heterocycles. The fraction of sp³-hybridized carbons (Fsp3) is 0.857. The van der Waals surface area contributed by atoms with E-state index in [0.29, 0.717) is 18.4 Å². The summed E-state index contributed by atoms with van der Waals surface area (Å²) in [4.78, 5) is 14.6. The molecular formula is C21H34N4O2S. The zero-order valence-electron chi connectivity index (χ0n) is 17.1. The normalized spacial score (nSPS) is 28.3. The average molecular weight is 407 g/mol. The number of nitrogens with zero attached hydrogens (tertiary/aromatic N) is 3. The van der Waals surface area contributed by atoms with Crippen LogP contribution in [0.1, 0.15) is 80.1 Å². The highest BCUT2D eigenvalue weighted by Gasteiger charge is 2.32. The zero-order valence-corrected chi connectivity index (χ0v) is 17.9. The second-order valence-corrected chi connectivity index (χ2v) is 9.61. The second kappa shape index (κ2) is 9.63. The number of hydrogen-bond donors (Lipinski definition) is 1. The monoisotopic (exact) mass is 406 g/mol. The van der Waals surface area contributed by atoms with Crippen molar-refractivity contribution in [2.24, 2.45) is 5.92 Å². The highest BCUT2D eigenvalue weighted by Crippen LogP contribution is 2.39. The van der Waals surface area contributed by atoms with Crippen LogP contribution in [0, 0.1) is 5.92 Å². The van der Waals surface area contributed by atoms with Gasteiger partial charge in [0, 0.05) is 17.9 Å². The molecule has 156 valence electrons. The van der Waals surface area contributed by atoms with Crippen molar-refractivity contribution in [3.05, 3.63) is 10.0 Å². The van der Waals surface area contributed by atoms with Crippen LogP contribution in [0.25, 0.3) is 0 Å². The Bertz CT molecular complexity index is 630. The zero-order chi connectivity index (χ0) is 19.3. The van der Waals surface area contributed by atoms with E-state index in [0.717, 1.165) is 31.7 Å². The maximum absolute atomic E-state index is 11.9. The van der Waals surface area contributed by atoms with Gasteiger partial charge in [-0.2, -0.15) is 0 Å². The van der Waals surface area contributed by atoms with E-state index in [1.807, 2.05) is 18.3 Å². The van der Waals surface area contributed by atoms with Gasteiger partial charge in [0.2, 0.25) is 0 Å². The van der Waals surface area contributed by atoms with Crippen LogP contribution in [-0.4, -0.2) is 59.9 Å². The summed E-state index contributed by atoms with van der Waals surface area (Å²) < 4.78 is 5.19. The lowest BCUT2D eigenvalue weighted by molar-refractivity contribution is -0.149. The van der Waals surface area contributed by atoms with Gasteiger partial charge in [-0.1, -0.05) is 0 Å². The summed E-state index contributed by atoms with van der Waals surface area (Å²) in [5.41, 5.74) is 0. The minimum Gasteiger partial charge on any atom is -0.466 e. The number of likely N-dealkylation sites (tertiary alicyclic amines) is 1. The van der Waals surface area contributed by atoms with Gasteiger partial charge in [0.25, 0.3) is 0 Å². The van der Waals surface area contributed by atoms with Crippen LogP contribution in [0.15, 0.2) is 0 Å². The van der Waals surface area contributed by atoms with Gasteiger partial charge in [-0.05, 0) is 84.5 Å². The summed E-state index contributed by atoms with van der Waals surface area (Å²) in [5, 5.41) is 15.0. The van der Waals surface area contributed by atoms with Gasteiger partial charge in [0.1, 0.15) is 10.0 Å². The summed E-state index contributed by atoms with van der Waals surface area (Å²) in [6.07, 6.45) is 8.94. The Kier molecular flexibility index (Phi) is 6.96. The molecule has 0 unspecified atom stereocenters. The van der Waals surface area contributed by atoms with Gasteiger partial charge in [-0.25, -0.2) is 0 Å². The molecular weight excluding hydrogens is 372 g/mol. The molecule has 6 nitrogen and oxygen atoms in total. The van der Waals surface area contributed by atoms with E-state index >= 15 is 0 Å². The lowest BCUT2D eigenvalue weighted by atomic mass is 9.82. The van der Waals surface area contributed by atoms with Crippen molar-refractivity contribution in [2.45, 2.75) is 76.2 Å². The van der Waals surface area contributed by atoms with Crippen molar-refractivity contribution in [3.8, 4) is 0 Å². The summed E-state index contributed by atoms with van der Waals surface area (Å²) in [6, 6.07) is 0.779. The van der Waals surface area contributed by atoms with Crippen molar-refractivity contribution < 1.29 is 9.53 Å². The first kappa shape index (κ1) is 20.2. The Morgan fingerprint density at radius 1 is 1.00 bits per heavy atom. The van der Waals surface area contributed by atoms with Crippen LogP contribution < -0.4 is 5.32 Å². The largest absolute Gasteiger partial charge is 0.466 e. The third-order valence-electron chi connectivity index (χ3n) is 6.86. The van der Waals surface area contributed by atoms with E-state index in [1.54, 1.807) is 0 Å². The molecule has 0 bridgehead atoms. The quantitative estimate of drug-likeness (QED) is 0.757. The fourth-order valence-corrected chi connectivity index (χ4v) is 6.28. The highest BCUT2D eigenvalue weighted by molar-refractivity contribution is 7.11. The third-order valence-corrected chi connectivity index (χ3v) is 8.10. The van der Waals surface area contributed by atoms with E-state index in [4.69, 9.17) is 4.74 Å². The Balaban J connectivity index is 1.26. The van der Waals surface area contributed by atoms with E-state index in [2.05, 4.69) is 20.4 Å². The van der Waals surface area contributed by atoms with Crippen molar-refractivity contribution in [1.29, 1.82) is 0 Å². The predicted molar refractivity (Wildman–Crippen MR) is 111 cm³/mol. The number of rotatable bonds is 5. The predicted octanol–water partition coefficient (Wildman–Crippen LogP) is 3.31. The van der Waals surface area contributed by atoms with E-state index in [1.165, 1.54) is 61.9 Å². The standard InChI is InChI=1S/C21H34N4O2S/c1-2-27-21(26)17-5-3-15(4-6-17)19-23-24-20(28-19)16-9-13-25(14-10-16)18-7-11-22-12-8-18/h15-18,22H,2-14H2,1H3. The van der Waals surface area contributed by atoms with Gasteiger partial charge >= 0.3 is 5.97 Å². The van der Waals surface area contributed by atoms with Gasteiger partial charge in [0.15, 0.2) is 0 Å². The SMILES string of the molecule is CCOC(=O)C1CCC(c2nnc(C3CCN(C4CCNCC4)CC3)s2)CC1. The highest BCUT2D eigenvalue weighted by atomic mass is 32.1. The van der Waals surface area contributed by atoms with E-state index in [9.17, 15) is 4.79 Å². The van der Waals surface area contributed by atoms with E-state index < -0.39 is 0 Å². The summed E-state index contributed by atoms with van der Waals surface area (Å²) in [5.74, 6) is 1.13. The Labute approximate surface area is 172 Å². The summed E-state index contributed by atoms with van der Waals surface area (Å²) >= 11 is 1.84. The fourth-order valence-electron chi connectivity index (χ4n) is 5.10. The molecule has 3 aliphatic rings. The number of nitrogens with one attached hydrogen (secondary N) is 1. The summed E-state index contributed by atoms with van der Waals surface area (Å²) in [6.45, 7) is 7.10. The molecule has 3 fully saturated rings. The number of carbonyl (C=O) groups is 1. The number of ether oxygens (including phenoxy) is 1. The minimum absolute atomic E-state index is 0.0144. The molecule has 2 saturated heterocycles. The first-order valence-corrected chi connectivity index (χ1v) is 12.0. The molecule has 0 amide bonds. The summed E-state index contributed by atoms with van der Waals surface area (Å²) in [7, 11) is 0. The molecule has 0 radical (unpaired) electrons.